The highest BCUT2D eigenvalue weighted by Crippen LogP contribution is 2.62. The van der Waals surface area contributed by atoms with Crippen LogP contribution in [0.4, 0.5) is 0 Å². The number of hydrogen-bond acceptors (Lipinski definition) is 11. The second kappa shape index (κ2) is 17.1. The molecule has 1 saturated heterocycles. The number of carboxylic acids is 7. The maximum atomic E-state index is 13.1. The highest BCUT2D eigenvalue weighted by atomic mass is 16.4. The molecule has 0 aliphatic carbocycles. The van der Waals surface area contributed by atoms with E-state index in [1.54, 1.807) is 47.6 Å². The lowest BCUT2D eigenvalue weighted by atomic mass is 9.55. The summed E-state index contributed by atoms with van der Waals surface area (Å²) < 4.78 is 0. The number of carboxylic acid groups (broad SMARTS) is 7. The largest absolute Gasteiger partial charge is 0.481 e. The van der Waals surface area contributed by atoms with Gasteiger partial charge >= 0.3 is 41.8 Å². The third-order valence-corrected chi connectivity index (χ3v) is 15.3. The number of rotatable bonds is 18. The summed E-state index contributed by atoms with van der Waals surface area (Å²) in [6.45, 7) is 13.9. The van der Waals surface area contributed by atoms with Crippen molar-refractivity contribution in [1.82, 2.24) is 5.32 Å². The Morgan fingerprint density at radius 1 is 0.635 bits per heavy atom. The Bertz CT molecular complexity index is 2220. The summed E-state index contributed by atoms with van der Waals surface area (Å²) in [5.74, 6) is -11.5. The molecule has 0 spiro atoms. The summed E-state index contributed by atoms with van der Waals surface area (Å²) in [6, 6.07) is -1.15. The lowest BCUT2D eigenvalue weighted by Crippen LogP contribution is -2.55. The van der Waals surface area contributed by atoms with Gasteiger partial charge < -0.3 is 41.1 Å². The topological polar surface area (TPSA) is 310 Å². The van der Waals surface area contributed by atoms with Crippen LogP contribution in [-0.2, 0) is 33.6 Å². The molecule has 5 rings (SSSR count). The van der Waals surface area contributed by atoms with E-state index in [0.29, 0.717) is 39.7 Å². The molecule has 18 heteroatoms. The summed E-state index contributed by atoms with van der Waals surface area (Å²) in [6.07, 6.45) is -1.45. The van der Waals surface area contributed by atoms with Gasteiger partial charge in [-0.05, 0) is 63.7 Å². The Balaban J connectivity index is 2.03. The second-order valence-electron chi connectivity index (χ2n) is 19.5. The van der Waals surface area contributed by atoms with Crippen molar-refractivity contribution in [1.29, 1.82) is 0 Å². The smallest absolute Gasteiger partial charge is 0.304 e. The van der Waals surface area contributed by atoms with Crippen molar-refractivity contribution in [2.45, 2.75) is 138 Å². The predicted molar refractivity (Wildman–Crippen MR) is 227 cm³/mol. The van der Waals surface area contributed by atoms with Crippen LogP contribution in [0.1, 0.15) is 126 Å². The normalized spacial score (nSPS) is 36.2. The molecule has 9 atom stereocenters. The van der Waals surface area contributed by atoms with Crippen LogP contribution < -0.4 is 5.32 Å². The molecular formula is C45H60N4O14. The molecule has 344 valence electrons. The van der Waals surface area contributed by atoms with Crippen LogP contribution in [0.25, 0.3) is 0 Å². The van der Waals surface area contributed by atoms with E-state index in [2.05, 4.69) is 5.32 Å². The molecule has 8 bridgehead atoms. The van der Waals surface area contributed by atoms with E-state index in [4.69, 9.17) is 15.0 Å². The van der Waals surface area contributed by atoms with Crippen LogP contribution in [-0.4, -0.2) is 106 Å². The molecule has 5 aliphatic heterocycles. The minimum atomic E-state index is -1.63. The maximum Gasteiger partial charge on any atom is 0.304 e. The van der Waals surface area contributed by atoms with Gasteiger partial charge in [0.15, 0.2) is 0 Å². The molecule has 5 heterocycles. The summed E-state index contributed by atoms with van der Waals surface area (Å²) in [5, 5.41) is 75.1. The van der Waals surface area contributed by atoms with Crippen molar-refractivity contribution in [2.75, 3.05) is 0 Å². The Labute approximate surface area is 365 Å². The van der Waals surface area contributed by atoms with Crippen molar-refractivity contribution in [2.24, 2.45) is 60.3 Å². The van der Waals surface area contributed by atoms with Crippen molar-refractivity contribution in [3.63, 3.8) is 0 Å². The van der Waals surface area contributed by atoms with E-state index in [1.807, 2.05) is 13.8 Å². The lowest BCUT2D eigenvalue weighted by Gasteiger charge is -2.48. The minimum absolute atomic E-state index is 0.0202. The Morgan fingerprint density at radius 3 is 1.67 bits per heavy atom. The SMILES string of the molecule is C/C1=C2N=C(/C=C3\N/C(=C(/C)C4=N[C@@](C)([C@@H]5N=C1[C@](C)(CCC(=O)O)[C@H]5CC(=O)O)[C@@](C)(CC(=O)O)[C@@H]4CCC(=O)O)[C@@](C)(CC(=O)O)[C@@H]3CCC(=O)O)C(C)(C)[C@H]/2CCC(=O)O. The molecule has 1 fully saturated rings. The Kier molecular flexibility index (Phi) is 13.1. The monoisotopic (exact) mass is 880 g/mol. The quantitative estimate of drug-likeness (QED) is 0.0792. The molecule has 0 aromatic rings. The standard InChI is InChI=1S/C45H60N4O14/c1-21-36-24(10-13-30(52)53)41(3,4)28(47-36)18-27-23(9-12-29(50)51)43(6,19-34(60)61)39(46-27)22(2)37-25(11-14-31(54)55)44(7,20-35(62)63)45(8,49-37)40-26(17-33(58)59)42(5,38(21)48-40)16-15-32(56)57/h18,23-26,40,46H,9-17,19-20H2,1-8H3,(H,50,51)(H,52,53)(H,54,55)(H,56,57)(H,58,59)(H,60,61)(H,62,63)/b27-18-,36-21-,39-22-/t23-,24+,25-,26+,40-,42-,43+,44+,45+/m1/s1. The highest BCUT2D eigenvalue weighted by molar-refractivity contribution is 6.10. The maximum absolute atomic E-state index is 13.1. The van der Waals surface area contributed by atoms with E-state index < -0.39 is 131 Å². The molecule has 5 aliphatic rings. The summed E-state index contributed by atoms with van der Waals surface area (Å²) >= 11 is 0. The molecule has 0 radical (unpaired) electrons. The first kappa shape index (κ1) is 48.4. The van der Waals surface area contributed by atoms with Crippen LogP contribution >= 0.6 is 0 Å². The molecule has 0 aromatic carbocycles. The molecule has 0 amide bonds. The number of aliphatic imine (C=N–C) groups is 3. The van der Waals surface area contributed by atoms with Gasteiger partial charge in [-0.2, -0.15) is 0 Å². The minimum Gasteiger partial charge on any atom is -0.481 e. The molecule has 0 saturated carbocycles. The van der Waals surface area contributed by atoms with Gasteiger partial charge in [-0.1, -0.05) is 34.6 Å². The number of hydrogen-bond donors (Lipinski definition) is 8. The average Bonchev–Trinajstić information content (AvgIpc) is 3.75. The number of nitrogens with one attached hydrogen (secondary N) is 1. The lowest BCUT2D eigenvalue weighted by molar-refractivity contribution is -0.143. The van der Waals surface area contributed by atoms with Gasteiger partial charge in [0, 0.05) is 105 Å². The van der Waals surface area contributed by atoms with Gasteiger partial charge in [0.25, 0.3) is 0 Å². The molecule has 0 aromatic heterocycles. The zero-order valence-corrected chi connectivity index (χ0v) is 37.1. The second-order valence-corrected chi connectivity index (χ2v) is 19.5. The molecule has 0 unspecified atom stereocenters. The third-order valence-electron chi connectivity index (χ3n) is 15.3. The first-order valence-electron chi connectivity index (χ1n) is 21.3. The van der Waals surface area contributed by atoms with E-state index in [-0.39, 0.29) is 44.2 Å². The van der Waals surface area contributed by atoms with Crippen LogP contribution in [0, 0.1) is 45.3 Å². The summed E-state index contributed by atoms with van der Waals surface area (Å²) in [7, 11) is 0. The van der Waals surface area contributed by atoms with Gasteiger partial charge in [-0.15, -0.1) is 0 Å². The number of carbonyl (C=O) groups is 7. The van der Waals surface area contributed by atoms with E-state index in [0.717, 1.165) is 0 Å². The van der Waals surface area contributed by atoms with Crippen LogP contribution in [0.5, 0.6) is 0 Å². The molecular weight excluding hydrogens is 821 g/mol. The predicted octanol–water partition coefficient (Wildman–Crippen LogP) is 5.92. The zero-order chi connectivity index (χ0) is 47.4. The summed E-state index contributed by atoms with van der Waals surface area (Å²) in [4.78, 5) is 104. The van der Waals surface area contributed by atoms with Gasteiger partial charge in [0.2, 0.25) is 0 Å². The molecule has 18 nitrogen and oxygen atoms in total. The van der Waals surface area contributed by atoms with E-state index >= 15 is 0 Å². The Hall–Kier alpha value is -5.68. The number of fused-ring (bicyclic) bond motifs is 6. The van der Waals surface area contributed by atoms with Crippen molar-refractivity contribution < 1.29 is 69.3 Å². The Morgan fingerprint density at radius 2 is 1.16 bits per heavy atom. The van der Waals surface area contributed by atoms with Crippen LogP contribution in [0.2, 0.25) is 0 Å². The average molecular weight is 881 g/mol. The van der Waals surface area contributed by atoms with Gasteiger partial charge in [0.1, 0.15) is 0 Å². The van der Waals surface area contributed by atoms with Crippen LogP contribution in [0.3, 0.4) is 0 Å². The van der Waals surface area contributed by atoms with Crippen LogP contribution in [0.15, 0.2) is 49.3 Å². The first-order valence-corrected chi connectivity index (χ1v) is 21.3. The first-order chi connectivity index (χ1) is 29.0. The van der Waals surface area contributed by atoms with Crippen molar-refractivity contribution in [3.8, 4) is 0 Å². The fraction of sp³-hybridized carbons (Fsp3) is 0.644. The van der Waals surface area contributed by atoms with Gasteiger partial charge in [-0.3, -0.25) is 48.5 Å². The summed E-state index contributed by atoms with van der Waals surface area (Å²) in [5.41, 5.74) is -3.60. The fourth-order valence-corrected chi connectivity index (χ4v) is 11.8. The number of nitrogens with zero attached hydrogens (tertiary/aromatic N) is 3. The van der Waals surface area contributed by atoms with Gasteiger partial charge in [0.05, 0.1) is 30.8 Å². The highest BCUT2D eigenvalue weighted by Gasteiger charge is 2.66. The number of aliphatic carboxylic acids is 7. The molecule has 63 heavy (non-hydrogen) atoms. The van der Waals surface area contributed by atoms with Crippen molar-refractivity contribution >= 4 is 58.9 Å². The third kappa shape index (κ3) is 8.56. The van der Waals surface area contributed by atoms with E-state index in [1.165, 1.54) is 0 Å². The zero-order valence-electron chi connectivity index (χ0n) is 37.1. The fourth-order valence-electron chi connectivity index (χ4n) is 11.8. The molecule has 8 N–H and O–H groups in total. The van der Waals surface area contributed by atoms with Gasteiger partial charge in [-0.25, -0.2) is 0 Å². The van der Waals surface area contributed by atoms with Crippen molar-refractivity contribution in [3.05, 3.63) is 34.3 Å². The number of allylic oxidation sites excluding steroid dienone is 6. The van der Waals surface area contributed by atoms with E-state index in [9.17, 15) is 69.3 Å².